The van der Waals surface area contributed by atoms with Crippen LogP contribution in [0.25, 0.3) is 0 Å². The van der Waals surface area contributed by atoms with Crippen LogP contribution in [0.4, 0.5) is 19.0 Å². The summed E-state index contributed by atoms with van der Waals surface area (Å²) in [7, 11) is 0. The Hall–Kier alpha value is -1.79. The molecule has 1 N–H and O–H groups in total. The smallest absolute Gasteiger partial charge is 0.417 e. The summed E-state index contributed by atoms with van der Waals surface area (Å²) < 4.78 is 37.1. The molecule has 1 aliphatic heterocycles. The van der Waals surface area contributed by atoms with Crippen LogP contribution in [0, 0.1) is 0 Å². The van der Waals surface area contributed by atoms with Gasteiger partial charge in [0.15, 0.2) is 0 Å². The van der Waals surface area contributed by atoms with Gasteiger partial charge in [0.25, 0.3) is 0 Å². The number of anilines is 1. The normalized spacial score (nSPS) is 20.2. The number of rotatable bonds is 2. The van der Waals surface area contributed by atoms with Gasteiger partial charge in [-0.05, 0) is 25.0 Å². The van der Waals surface area contributed by atoms with E-state index in [1.165, 1.54) is 11.0 Å². The molecule has 18 heavy (non-hydrogen) atoms. The summed E-state index contributed by atoms with van der Waals surface area (Å²) in [5.74, 6) is -0.706. The van der Waals surface area contributed by atoms with Crippen LogP contribution in [0.1, 0.15) is 18.4 Å². The van der Waals surface area contributed by atoms with E-state index in [1.807, 2.05) is 0 Å². The second-order valence-electron chi connectivity index (χ2n) is 4.09. The van der Waals surface area contributed by atoms with E-state index in [0.717, 1.165) is 12.3 Å². The molecule has 0 amide bonds. The van der Waals surface area contributed by atoms with Crippen molar-refractivity contribution in [3.63, 3.8) is 0 Å². The number of hydrogen-bond acceptors (Lipinski definition) is 3. The summed E-state index contributed by atoms with van der Waals surface area (Å²) in [6, 6.07) is 1.43. The maximum absolute atomic E-state index is 12.4. The van der Waals surface area contributed by atoms with E-state index in [0.29, 0.717) is 19.4 Å². The Morgan fingerprint density at radius 3 is 2.67 bits per heavy atom. The molecule has 0 saturated carbocycles. The lowest BCUT2D eigenvalue weighted by molar-refractivity contribution is -0.139. The van der Waals surface area contributed by atoms with E-state index in [4.69, 9.17) is 5.11 Å². The number of pyridine rings is 1. The van der Waals surface area contributed by atoms with Crippen LogP contribution in [0.3, 0.4) is 0 Å². The zero-order valence-corrected chi connectivity index (χ0v) is 9.31. The Morgan fingerprint density at radius 1 is 1.44 bits per heavy atom. The monoisotopic (exact) mass is 260 g/mol. The van der Waals surface area contributed by atoms with Gasteiger partial charge in [0.1, 0.15) is 11.9 Å². The van der Waals surface area contributed by atoms with Gasteiger partial charge in [0.2, 0.25) is 0 Å². The SMILES string of the molecule is O=C(O)[C@@H]1CCCN1c1ccc(C(F)(F)F)cn1. The van der Waals surface area contributed by atoms with Crippen molar-refractivity contribution >= 4 is 11.8 Å². The first-order valence-corrected chi connectivity index (χ1v) is 5.42. The quantitative estimate of drug-likeness (QED) is 0.885. The fourth-order valence-corrected chi connectivity index (χ4v) is 2.02. The molecule has 0 unspecified atom stereocenters. The Labute approximate surface area is 101 Å². The first-order valence-electron chi connectivity index (χ1n) is 5.42. The molecule has 0 aromatic carbocycles. The molecule has 0 aliphatic carbocycles. The number of alkyl halides is 3. The average molecular weight is 260 g/mol. The highest BCUT2D eigenvalue weighted by Crippen LogP contribution is 2.30. The van der Waals surface area contributed by atoms with Gasteiger partial charge in [-0.25, -0.2) is 9.78 Å². The van der Waals surface area contributed by atoms with Crippen LogP contribution in [-0.4, -0.2) is 28.6 Å². The number of nitrogens with zero attached hydrogens (tertiary/aromatic N) is 2. The first-order chi connectivity index (χ1) is 8.39. The van der Waals surface area contributed by atoms with Crippen LogP contribution >= 0.6 is 0 Å². The molecule has 2 rings (SSSR count). The Morgan fingerprint density at radius 2 is 2.17 bits per heavy atom. The van der Waals surface area contributed by atoms with Crippen molar-refractivity contribution in [3.8, 4) is 0 Å². The van der Waals surface area contributed by atoms with Crippen molar-refractivity contribution in [3.05, 3.63) is 23.9 Å². The largest absolute Gasteiger partial charge is 0.480 e. The van der Waals surface area contributed by atoms with Crippen LogP contribution in [0.15, 0.2) is 18.3 Å². The molecule has 1 atom stereocenters. The van der Waals surface area contributed by atoms with Gasteiger partial charge in [-0.1, -0.05) is 0 Å². The molecular formula is C11H11F3N2O2. The van der Waals surface area contributed by atoms with E-state index in [1.54, 1.807) is 0 Å². The maximum Gasteiger partial charge on any atom is 0.417 e. The maximum atomic E-state index is 12.4. The van der Waals surface area contributed by atoms with Crippen molar-refractivity contribution in [2.75, 3.05) is 11.4 Å². The molecular weight excluding hydrogens is 249 g/mol. The Balaban J connectivity index is 2.22. The third-order valence-corrected chi connectivity index (χ3v) is 2.91. The van der Waals surface area contributed by atoms with E-state index in [-0.39, 0.29) is 5.82 Å². The third kappa shape index (κ3) is 2.39. The number of carboxylic acid groups (broad SMARTS) is 1. The number of hydrogen-bond donors (Lipinski definition) is 1. The molecule has 4 nitrogen and oxygen atoms in total. The van der Waals surface area contributed by atoms with E-state index in [2.05, 4.69) is 4.98 Å². The van der Waals surface area contributed by atoms with Crippen molar-refractivity contribution in [1.29, 1.82) is 0 Å². The van der Waals surface area contributed by atoms with Gasteiger partial charge >= 0.3 is 12.1 Å². The third-order valence-electron chi connectivity index (χ3n) is 2.91. The molecule has 98 valence electrons. The van der Waals surface area contributed by atoms with Crippen LogP contribution in [0.2, 0.25) is 0 Å². The van der Waals surface area contributed by atoms with Gasteiger partial charge < -0.3 is 10.0 Å². The van der Waals surface area contributed by atoms with Crippen LogP contribution in [0.5, 0.6) is 0 Å². The summed E-state index contributed by atoms with van der Waals surface area (Å²) in [4.78, 5) is 16.2. The fourth-order valence-electron chi connectivity index (χ4n) is 2.02. The summed E-state index contributed by atoms with van der Waals surface area (Å²) in [6.07, 6.45) is -2.52. The van der Waals surface area contributed by atoms with E-state index in [9.17, 15) is 18.0 Å². The number of aromatic nitrogens is 1. The molecule has 1 saturated heterocycles. The lowest BCUT2D eigenvalue weighted by Gasteiger charge is -2.22. The highest BCUT2D eigenvalue weighted by Gasteiger charge is 2.33. The number of carbonyl (C=O) groups is 1. The highest BCUT2D eigenvalue weighted by molar-refractivity contribution is 5.78. The Bertz CT molecular complexity index is 445. The van der Waals surface area contributed by atoms with Crippen LogP contribution < -0.4 is 4.90 Å². The zero-order valence-electron chi connectivity index (χ0n) is 9.31. The average Bonchev–Trinajstić information content (AvgIpc) is 2.77. The molecule has 0 radical (unpaired) electrons. The van der Waals surface area contributed by atoms with Crippen molar-refractivity contribution in [2.24, 2.45) is 0 Å². The van der Waals surface area contributed by atoms with Gasteiger partial charge in [-0.3, -0.25) is 0 Å². The second-order valence-corrected chi connectivity index (χ2v) is 4.09. The second kappa shape index (κ2) is 4.47. The first kappa shape index (κ1) is 12.7. The molecule has 0 bridgehead atoms. The number of carboxylic acids is 1. The topological polar surface area (TPSA) is 53.4 Å². The molecule has 1 fully saturated rings. The molecule has 7 heteroatoms. The highest BCUT2D eigenvalue weighted by atomic mass is 19.4. The summed E-state index contributed by atoms with van der Waals surface area (Å²) >= 11 is 0. The minimum atomic E-state index is -4.43. The summed E-state index contributed by atoms with van der Waals surface area (Å²) in [6.45, 7) is 0.495. The summed E-state index contributed by atoms with van der Waals surface area (Å²) in [5, 5.41) is 8.98. The van der Waals surface area contributed by atoms with Gasteiger partial charge in [0.05, 0.1) is 5.56 Å². The van der Waals surface area contributed by atoms with Crippen molar-refractivity contribution < 1.29 is 23.1 Å². The molecule has 1 aromatic rings. The number of aliphatic carboxylic acids is 1. The van der Waals surface area contributed by atoms with Gasteiger partial charge in [-0.15, -0.1) is 0 Å². The van der Waals surface area contributed by atoms with Gasteiger partial charge in [-0.2, -0.15) is 13.2 Å². The predicted molar refractivity (Wildman–Crippen MR) is 57.2 cm³/mol. The molecule has 1 aromatic heterocycles. The van der Waals surface area contributed by atoms with Crippen LogP contribution in [-0.2, 0) is 11.0 Å². The van der Waals surface area contributed by atoms with Crippen molar-refractivity contribution in [2.45, 2.75) is 25.1 Å². The minimum absolute atomic E-state index is 0.271. The molecule has 1 aliphatic rings. The van der Waals surface area contributed by atoms with E-state index < -0.39 is 23.8 Å². The fraction of sp³-hybridized carbons (Fsp3) is 0.455. The van der Waals surface area contributed by atoms with Gasteiger partial charge in [0, 0.05) is 12.7 Å². The lowest BCUT2D eigenvalue weighted by Crippen LogP contribution is -2.36. The predicted octanol–water partition coefficient (Wildman–Crippen LogP) is 2.15. The number of halogens is 3. The van der Waals surface area contributed by atoms with Crippen molar-refractivity contribution in [1.82, 2.24) is 4.98 Å². The standard InChI is InChI=1S/C11H11F3N2O2/c12-11(13,14)7-3-4-9(15-6-7)16-5-1-2-8(16)10(17)18/h3-4,6,8H,1-2,5H2,(H,17,18)/t8-/m0/s1. The molecule has 0 spiro atoms. The minimum Gasteiger partial charge on any atom is -0.480 e. The molecule has 2 heterocycles. The zero-order chi connectivity index (χ0) is 13.3. The summed E-state index contributed by atoms with van der Waals surface area (Å²) in [5.41, 5.74) is -0.836. The Kier molecular flexibility index (Phi) is 3.14. The van der Waals surface area contributed by atoms with E-state index >= 15 is 0 Å². The lowest BCUT2D eigenvalue weighted by atomic mass is 10.2.